The third-order valence-electron chi connectivity index (χ3n) is 3.50. The quantitative estimate of drug-likeness (QED) is 0.813. The van der Waals surface area contributed by atoms with E-state index < -0.39 is 0 Å². The second kappa shape index (κ2) is 3.74. The summed E-state index contributed by atoms with van der Waals surface area (Å²) in [7, 11) is 0. The number of rotatable bonds is 1. The Morgan fingerprint density at radius 2 is 2.16 bits per heavy atom. The lowest BCUT2D eigenvalue weighted by molar-refractivity contribution is -0.116. The highest BCUT2D eigenvalue weighted by Crippen LogP contribution is 2.40. The Balaban J connectivity index is 1.79. The van der Waals surface area contributed by atoms with E-state index in [0.717, 1.165) is 22.6 Å². The molecule has 2 N–H and O–H groups in total. The topological polar surface area (TPSA) is 76.2 Å². The number of hydrogen-bond acceptors (Lipinski definition) is 4. The van der Waals surface area contributed by atoms with Gasteiger partial charge in [-0.05, 0) is 17.7 Å². The maximum Gasteiger partial charge on any atom is 0.231 e. The SMILES string of the molecule is O=C1C[C@@H](c2ccc3c(c2)OCO3)c2cn[nH]c2N1. The molecule has 3 heterocycles. The van der Waals surface area contributed by atoms with E-state index in [1.165, 1.54) is 0 Å². The summed E-state index contributed by atoms with van der Waals surface area (Å²) in [6, 6.07) is 5.78. The lowest BCUT2D eigenvalue weighted by Crippen LogP contribution is -2.22. The molecular formula is C13H11N3O3. The van der Waals surface area contributed by atoms with Crippen LogP contribution in [0.25, 0.3) is 0 Å². The van der Waals surface area contributed by atoms with E-state index in [1.807, 2.05) is 18.2 Å². The lowest BCUT2D eigenvalue weighted by Gasteiger charge is -2.22. The molecule has 2 aromatic rings. The predicted octanol–water partition coefficient (Wildman–Crippen LogP) is 1.61. The molecule has 1 aromatic heterocycles. The Bertz CT molecular complexity index is 665. The van der Waals surface area contributed by atoms with Gasteiger partial charge in [0.15, 0.2) is 11.5 Å². The number of nitrogens with zero attached hydrogens (tertiary/aromatic N) is 1. The van der Waals surface area contributed by atoms with Crippen molar-refractivity contribution < 1.29 is 14.3 Å². The molecule has 0 unspecified atom stereocenters. The predicted molar refractivity (Wildman–Crippen MR) is 66.2 cm³/mol. The van der Waals surface area contributed by atoms with Crippen LogP contribution in [0.2, 0.25) is 0 Å². The minimum absolute atomic E-state index is 0.00278. The Morgan fingerprint density at radius 3 is 3.11 bits per heavy atom. The lowest BCUT2D eigenvalue weighted by atomic mass is 9.87. The monoisotopic (exact) mass is 257 g/mol. The molecule has 4 rings (SSSR count). The van der Waals surface area contributed by atoms with E-state index in [9.17, 15) is 4.79 Å². The van der Waals surface area contributed by atoms with Gasteiger partial charge >= 0.3 is 0 Å². The summed E-state index contributed by atoms with van der Waals surface area (Å²) in [4.78, 5) is 11.7. The van der Waals surface area contributed by atoms with Gasteiger partial charge in [0.2, 0.25) is 12.7 Å². The van der Waals surface area contributed by atoms with E-state index in [2.05, 4.69) is 15.5 Å². The molecule has 0 radical (unpaired) electrons. The summed E-state index contributed by atoms with van der Waals surface area (Å²) in [6.45, 7) is 0.251. The van der Waals surface area contributed by atoms with Crippen LogP contribution in [-0.4, -0.2) is 22.9 Å². The summed E-state index contributed by atoms with van der Waals surface area (Å²) in [5, 5.41) is 9.57. The minimum Gasteiger partial charge on any atom is -0.454 e. The number of anilines is 1. The molecule has 0 saturated carbocycles. The fourth-order valence-electron chi connectivity index (χ4n) is 2.57. The molecule has 0 spiro atoms. The molecule has 1 atom stereocenters. The zero-order chi connectivity index (χ0) is 12.8. The van der Waals surface area contributed by atoms with Gasteiger partial charge < -0.3 is 14.8 Å². The highest BCUT2D eigenvalue weighted by Gasteiger charge is 2.29. The molecule has 19 heavy (non-hydrogen) atoms. The minimum atomic E-state index is -0.0144. The van der Waals surface area contributed by atoms with Crippen LogP contribution in [0.5, 0.6) is 11.5 Å². The van der Waals surface area contributed by atoms with Crippen LogP contribution in [0.15, 0.2) is 24.4 Å². The van der Waals surface area contributed by atoms with Crippen molar-refractivity contribution >= 4 is 11.7 Å². The number of hydrogen-bond donors (Lipinski definition) is 2. The zero-order valence-corrected chi connectivity index (χ0v) is 9.97. The average molecular weight is 257 g/mol. The normalized spacial score (nSPS) is 20.0. The first-order valence-corrected chi connectivity index (χ1v) is 6.04. The molecule has 96 valence electrons. The fraction of sp³-hybridized carbons (Fsp3) is 0.231. The molecule has 0 fully saturated rings. The Hall–Kier alpha value is -2.50. The molecule has 1 aromatic carbocycles. The largest absolute Gasteiger partial charge is 0.454 e. The van der Waals surface area contributed by atoms with Crippen LogP contribution in [-0.2, 0) is 4.79 Å². The second-order valence-electron chi connectivity index (χ2n) is 4.62. The molecular weight excluding hydrogens is 246 g/mol. The zero-order valence-electron chi connectivity index (χ0n) is 9.97. The summed E-state index contributed by atoms with van der Waals surface area (Å²) in [5.41, 5.74) is 2.03. The van der Waals surface area contributed by atoms with Gasteiger partial charge in [-0.1, -0.05) is 6.07 Å². The Kier molecular flexibility index (Phi) is 2.05. The van der Waals surface area contributed by atoms with Gasteiger partial charge in [-0.2, -0.15) is 5.10 Å². The summed E-state index contributed by atoms with van der Waals surface area (Å²) < 4.78 is 10.7. The molecule has 2 aliphatic rings. The maximum atomic E-state index is 11.7. The number of fused-ring (bicyclic) bond motifs is 2. The highest BCUT2D eigenvalue weighted by molar-refractivity contribution is 5.94. The van der Waals surface area contributed by atoms with E-state index >= 15 is 0 Å². The Morgan fingerprint density at radius 1 is 1.26 bits per heavy atom. The van der Waals surface area contributed by atoms with E-state index in [4.69, 9.17) is 9.47 Å². The number of benzene rings is 1. The van der Waals surface area contributed by atoms with Gasteiger partial charge in [0, 0.05) is 17.9 Å². The smallest absolute Gasteiger partial charge is 0.231 e. The van der Waals surface area contributed by atoms with Gasteiger partial charge in [-0.25, -0.2) is 0 Å². The summed E-state index contributed by atoms with van der Waals surface area (Å²) >= 11 is 0. The van der Waals surface area contributed by atoms with E-state index in [0.29, 0.717) is 12.2 Å². The number of carbonyl (C=O) groups excluding carboxylic acids is 1. The van der Waals surface area contributed by atoms with Crippen LogP contribution in [0.3, 0.4) is 0 Å². The first kappa shape index (κ1) is 10.4. The number of H-pyrrole nitrogens is 1. The molecule has 1 amide bonds. The molecule has 6 nitrogen and oxygen atoms in total. The van der Waals surface area contributed by atoms with Crippen LogP contribution >= 0.6 is 0 Å². The van der Waals surface area contributed by atoms with Crippen molar-refractivity contribution in [3.05, 3.63) is 35.5 Å². The van der Waals surface area contributed by atoms with Gasteiger partial charge in [0.05, 0.1) is 6.20 Å². The number of aromatic amines is 1. The number of nitrogens with one attached hydrogen (secondary N) is 2. The van der Waals surface area contributed by atoms with Gasteiger partial charge in [-0.3, -0.25) is 9.89 Å². The Labute approximate surface area is 108 Å². The summed E-state index contributed by atoms with van der Waals surface area (Å²) in [6.07, 6.45) is 2.16. The first-order chi connectivity index (χ1) is 9.31. The van der Waals surface area contributed by atoms with Crippen molar-refractivity contribution in [2.45, 2.75) is 12.3 Å². The van der Waals surface area contributed by atoms with E-state index in [-0.39, 0.29) is 18.6 Å². The van der Waals surface area contributed by atoms with Crippen LogP contribution in [0, 0.1) is 0 Å². The second-order valence-corrected chi connectivity index (χ2v) is 4.62. The van der Waals surface area contributed by atoms with Crippen molar-refractivity contribution in [2.24, 2.45) is 0 Å². The highest BCUT2D eigenvalue weighted by atomic mass is 16.7. The average Bonchev–Trinajstić information content (AvgIpc) is 3.04. The summed E-state index contributed by atoms with van der Waals surface area (Å²) in [5.74, 6) is 2.14. The molecule has 0 bridgehead atoms. The standard InChI is InChI=1S/C13H11N3O3/c17-12-4-8(9-5-14-16-13(9)15-12)7-1-2-10-11(3-7)19-6-18-10/h1-3,5,8H,4,6H2,(H2,14,15,16,17)/t8-/m0/s1. The number of aromatic nitrogens is 2. The number of amides is 1. The van der Waals surface area contributed by atoms with Crippen LogP contribution < -0.4 is 14.8 Å². The molecule has 6 heteroatoms. The first-order valence-electron chi connectivity index (χ1n) is 6.04. The van der Waals surface area contributed by atoms with Crippen molar-refractivity contribution in [1.29, 1.82) is 0 Å². The van der Waals surface area contributed by atoms with E-state index in [1.54, 1.807) is 6.20 Å². The third kappa shape index (κ3) is 1.56. The molecule has 0 saturated heterocycles. The van der Waals surface area contributed by atoms with Crippen molar-refractivity contribution in [2.75, 3.05) is 12.1 Å². The van der Waals surface area contributed by atoms with Crippen molar-refractivity contribution in [3.8, 4) is 11.5 Å². The third-order valence-corrected chi connectivity index (χ3v) is 3.50. The molecule has 2 aliphatic heterocycles. The number of ether oxygens (including phenoxy) is 2. The van der Waals surface area contributed by atoms with Crippen molar-refractivity contribution in [3.63, 3.8) is 0 Å². The van der Waals surface area contributed by atoms with Crippen LogP contribution in [0.1, 0.15) is 23.5 Å². The van der Waals surface area contributed by atoms with Crippen molar-refractivity contribution in [1.82, 2.24) is 10.2 Å². The van der Waals surface area contributed by atoms with Crippen LogP contribution in [0.4, 0.5) is 5.82 Å². The van der Waals surface area contributed by atoms with Gasteiger partial charge in [-0.15, -0.1) is 0 Å². The van der Waals surface area contributed by atoms with Gasteiger partial charge in [0.1, 0.15) is 5.82 Å². The van der Waals surface area contributed by atoms with Gasteiger partial charge in [0.25, 0.3) is 0 Å². The number of carbonyl (C=O) groups is 1. The maximum absolute atomic E-state index is 11.7. The fourth-order valence-corrected chi connectivity index (χ4v) is 2.57. The molecule has 0 aliphatic carbocycles.